The van der Waals surface area contributed by atoms with Gasteiger partial charge in [0.25, 0.3) is 5.91 Å². The molecule has 4 rings (SSSR count). The van der Waals surface area contributed by atoms with E-state index < -0.39 is 42.7 Å². The van der Waals surface area contributed by atoms with Crippen LogP contribution in [-0.4, -0.2) is 91.7 Å². The first kappa shape index (κ1) is 25.2. The lowest BCUT2D eigenvalue weighted by molar-refractivity contribution is -0.170. The Morgan fingerprint density at radius 1 is 1.03 bits per heavy atom. The van der Waals surface area contributed by atoms with E-state index in [-0.39, 0.29) is 25.6 Å². The number of nitrogens with two attached hydrogens (primary N) is 1. The molecule has 0 aliphatic carbocycles. The highest BCUT2D eigenvalue weighted by Gasteiger charge is 2.54. The van der Waals surface area contributed by atoms with Crippen molar-refractivity contribution >= 4 is 11.9 Å². The van der Waals surface area contributed by atoms with Gasteiger partial charge in [-0.05, 0) is 0 Å². The summed E-state index contributed by atoms with van der Waals surface area (Å²) in [6, 6.07) is 9.41. The van der Waals surface area contributed by atoms with Gasteiger partial charge in [-0.2, -0.15) is 0 Å². The number of ether oxygens (including phenoxy) is 7. The van der Waals surface area contributed by atoms with Gasteiger partial charge in [0.2, 0.25) is 5.82 Å². The Kier molecular flexibility index (Phi) is 8.74. The third kappa shape index (κ3) is 6.39. The summed E-state index contributed by atoms with van der Waals surface area (Å²) in [4.78, 5) is 27.4. The summed E-state index contributed by atoms with van der Waals surface area (Å²) in [7, 11) is 1.59. The van der Waals surface area contributed by atoms with Gasteiger partial charge in [0.15, 0.2) is 12.5 Å². The Hall–Kier alpha value is -2.94. The summed E-state index contributed by atoms with van der Waals surface area (Å²) in [5.41, 5.74) is 6.09. The van der Waals surface area contributed by atoms with Crippen molar-refractivity contribution in [2.75, 3.05) is 46.8 Å². The number of benzene rings is 1. The molecule has 190 valence electrons. The minimum atomic E-state index is -0.765. The Bertz CT molecular complexity index is 973. The molecule has 35 heavy (non-hydrogen) atoms. The number of rotatable bonds is 13. The van der Waals surface area contributed by atoms with E-state index in [1.807, 2.05) is 30.3 Å². The zero-order valence-electron chi connectivity index (χ0n) is 19.2. The molecule has 2 fully saturated rings. The molecule has 5 atom stereocenters. The Labute approximate surface area is 201 Å². The maximum absolute atomic E-state index is 12.1. The summed E-state index contributed by atoms with van der Waals surface area (Å²) in [5.74, 6) is -1.47. The van der Waals surface area contributed by atoms with Crippen LogP contribution in [0, 0.1) is 0 Å². The van der Waals surface area contributed by atoms with Gasteiger partial charge < -0.3 is 38.9 Å². The van der Waals surface area contributed by atoms with Crippen LogP contribution in [0.3, 0.4) is 0 Å². The summed E-state index contributed by atoms with van der Waals surface area (Å²) >= 11 is 0. The zero-order valence-corrected chi connectivity index (χ0v) is 19.2. The monoisotopic (exact) mass is 492 g/mol. The van der Waals surface area contributed by atoms with Gasteiger partial charge in [0, 0.05) is 12.7 Å². The Morgan fingerprint density at radius 3 is 2.51 bits per heavy atom. The summed E-state index contributed by atoms with van der Waals surface area (Å²) in [6.45, 7) is 1.20. The number of esters is 1. The fraction of sp³-hybridized carbons (Fsp3) is 0.545. The number of methoxy groups -OCH3 is 1. The van der Waals surface area contributed by atoms with Gasteiger partial charge in [-0.1, -0.05) is 30.3 Å². The van der Waals surface area contributed by atoms with Crippen molar-refractivity contribution < 1.29 is 42.7 Å². The van der Waals surface area contributed by atoms with Crippen LogP contribution in [0.2, 0.25) is 0 Å². The number of carbonyl (C=O) groups excluding carboxylic acids is 2. The lowest BCUT2D eigenvalue weighted by Gasteiger charge is -2.20. The molecule has 2 aliphatic rings. The van der Waals surface area contributed by atoms with Crippen LogP contribution < -0.4 is 5.73 Å². The lowest BCUT2D eigenvalue weighted by atomic mass is 10.1. The van der Waals surface area contributed by atoms with Crippen molar-refractivity contribution in [3.63, 3.8) is 0 Å². The van der Waals surface area contributed by atoms with Crippen molar-refractivity contribution in [1.29, 1.82) is 0 Å². The minimum Gasteiger partial charge on any atom is -0.461 e. The van der Waals surface area contributed by atoms with Crippen LogP contribution in [0.1, 0.15) is 28.7 Å². The third-order valence-electron chi connectivity index (χ3n) is 5.34. The van der Waals surface area contributed by atoms with E-state index in [4.69, 9.17) is 38.9 Å². The number of aromatic nitrogens is 3. The quantitative estimate of drug-likeness (QED) is 0.296. The average molecular weight is 492 g/mol. The molecule has 13 nitrogen and oxygen atoms in total. The van der Waals surface area contributed by atoms with Crippen molar-refractivity contribution in [3.05, 3.63) is 48.0 Å². The fourth-order valence-corrected chi connectivity index (χ4v) is 3.69. The molecule has 2 aliphatic heterocycles. The number of fused-ring (bicyclic) bond motifs is 1. The molecule has 2 saturated heterocycles. The van der Waals surface area contributed by atoms with E-state index in [1.54, 1.807) is 7.11 Å². The van der Waals surface area contributed by atoms with Crippen molar-refractivity contribution in [2.24, 2.45) is 5.73 Å². The summed E-state index contributed by atoms with van der Waals surface area (Å²) in [6.07, 6.45) is -1.88. The molecule has 0 saturated carbocycles. The number of hydrogen-bond acceptors (Lipinski definition) is 11. The standard InChI is InChI=1S/C22H28N4O9/c1-29-7-8-30-9-10-31-12-16(27)32-11-15-17-18(35-22(34-17)14-5-3-2-4-6-14)21(33-15)26-13-24-20(25-26)19(23)28/h2-6,13,15,17-18,21-22H,7-12H2,1H3,(H2,23,28). The van der Waals surface area contributed by atoms with E-state index in [1.165, 1.54) is 11.0 Å². The van der Waals surface area contributed by atoms with Gasteiger partial charge in [-0.3, -0.25) is 4.79 Å². The van der Waals surface area contributed by atoms with E-state index >= 15 is 0 Å². The molecule has 1 aromatic heterocycles. The van der Waals surface area contributed by atoms with Crippen molar-refractivity contribution in [2.45, 2.75) is 30.8 Å². The minimum absolute atomic E-state index is 0.0908. The normalized spacial score (nSPS) is 25.5. The van der Waals surface area contributed by atoms with Gasteiger partial charge in [-0.15, -0.1) is 5.10 Å². The molecule has 0 spiro atoms. The molecule has 2 N–H and O–H groups in total. The van der Waals surface area contributed by atoms with Crippen molar-refractivity contribution in [1.82, 2.24) is 14.8 Å². The van der Waals surface area contributed by atoms with E-state index in [0.29, 0.717) is 19.8 Å². The predicted octanol–water partition coefficient (Wildman–Crippen LogP) is -0.0200. The molecular formula is C22H28N4O9. The zero-order chi connectivity index (χ0) is 24.6. The van der Waals surface area contributed by atoms with Gasteiger partial charge in [-0.25, -0.2) is 14.5 Å². The number of amides is 1. The fourth-order valence-electron chi connectivity index (χ4n) is 3.69. The van der Waals surface area contributed by atoms with Crippen LogP contribution in [0.25, 0.3) is 0 Å². The third-order valence-corrected chi connectivity index (χ3v) is 5.34. The van der Waals surface area contributed by atoms with Crippen LogP contribution >= 0.6 is 0 Å². The second-order valence-electron chi connectivity index (χ2n) is 7.76. The highest BCUT2D eigenvalue weighted by molar-refractivity contribution is 5.88. The molecule has 1 amide bonds. The number of primary amides is 1. The average Bonchev–Trinajstić information content (AvgIpc) is 3.58. The first-order valence-electron chi connectivity index (χ1n) is 11.1. The lowest BCUT2D eigenvalue weighted by Crippen LogP contribution is -2.33. The Morgan fingerprint density at radius 2 is 1.77 bits per heavy atom. The summed E-state index contributed by atoms with van der Waals surface area (Å²) < 4.78 is 40.4. The molecule has 0 bridgehead atoms. The molecule has 0 radical (unpaired) electrons. The van der Waals surface area contributed by atoms with Crippen LogP contribution in [0.15, 0.2) is 36.7 Å². The molecular weight excluding hydrogens is 464 g/mol. The van der Waals surface area contributed by atoms with Gasteiger partial charge in [0.1, 0.15) is 37.9 Å². The molecule has 13 heteroatoms. The van der Waals surface area contributed by atoms with Gasteiger partial charge in [0.05, 0.1) is 26.4 Å². The maximum Gasteiger partial charge on any atom is 0.332 e. The first-order chi connectivity index (χ1) is 17.1. The van der Waals surface area contributed by atoms with E-state index in [2.05, 4.69) is 10.1 Å². The maximum atomic E-state index is 12.1. The highest BCUT2D eigenvalue weighted by Crippen LogP contribution is 2.43. The number of nitrogens with zero attached hydrogens (tertiary/aromatic N) is 3. The van der Waals surface area contributed by atoms with Crippen LogP contribution in [-0.2, 0) is 38.0 Å². The van der Waals surface area contributed by atoms with Crippen LogP contribution in [0.5, 0.6) is 0 Å². The topological polar surface area (TPSA) is 155 Å². The largest absolute Gasteiger partial charge is 0.461 e. The van der Waals surface area contributed by atoms with Gasteiger partial charge >= 0.3 is 5.97 Å². The molecule has 5 unspecified atom stereocenters. The molecule has 1 aromatic carbocycles. The molecule has 2 aromatic rings. The second kappa shape index (κ2) is 12.2. The Balaban J connectivity index is 1.34. The summed E-state index contributed by atoms with van der Waals surface area (Å²) in [5, 5.41) is 4.08. The second-order valence-corrected chi connectivity index (χ2v) is 7.76. The first-order valence-corrected chi connectivity index (χ1v) is 11.1. The molecule has 3 heterocycles. The smallest absolute Gasteiger partial charge is 0.332 e. The van der Waals surface area contributed by atoms with Crippen molar-refractivity contribution in [3.8, 4) is 0 Å². The van der Waals surface area contributed by atoms with E-state index in [9.17, 15) is 9.59 Å². The van der Waals surface area contributed by atoms with E-state index in [0.717, 1.165) is 5.56 Å². The number of hydrogen-bond donors (Lipinski definition) is 1. The SMILES string of the molecule is COCCOCCOCC(=O)OCC1OC(n2cnc(C(N)=O)n2)C2OC(c3ccccc3)OC12. The number of carbonyl (C=O) groups is 2. The highest BCUT2D eigenvalue weighted by atomic mass is 16.8. The predicted molar refractivity (Wildman–Crippen MR) is 116 cm³/mol. The van der Waals surface area contributed by atoms with Crippen LogP contribution in [0.4, 0.5) is 0 Å².